The van der Waals surface area contributed by atoms with Crippen LogP contribution < -0.4 is 10.0 Å². The lowest BCUT2D eigenvalue weighted by Crippen LogP contribution is -2.31. The Kier molecular flexibility index (Phi) is 7.95. The van der Waals surface area contributed by atoms with Crippen LogP contribution in [0, 0.1) is 0 Å². The molecule has 15 heavy (non-hydrogen) atoms. The quantitative estimate of drug-likeness (QED) is 0.529. The predicted molar refractivity (Wildman–Crippen MR) is 63.5 cm³/mol. The van der Waals surface area contributed by atoms with E-state index in [1.807, 2.05) is 14.1 Å². The lowest BCUT2D eigenvalue weighted by atomic mass is 10.3. The van der Waals surface area contributed by atoms with Gasteiger partial charge in [-0.3, -0.25) is 0 Å². The predicted octanol–water partition coefficient (Wildman–Crippen LogP) is -0.533. The van der Waals surface area contributed by atoms with E-state index in [9.17, 15) is 8.42 Å². The summed E-state index contributed by atoms with van der Waals surface area (Å²) in [5.74, 6) is 0.150. The highest BCUT2D eigenvalue weighted by molar-refractivity contribution is 7.89. The van der Waals surface area contributed by atoms with Crippen molar-refractivity contribution in [3.8, 4) is 0 Å². The first-order valence-electron chi connectivity index (χ1n) is 5.24. The molecular formula is C9H23N3O2S. The van der Waals surface area contributed by atoms with Crippen molar-refractivity contribution in [1.82, 2.24) is 14.9 Å². The molecule has 0 fully saturated rings. The van der Waals surface area contributed by atoms with Crippen molar-refractivity contribution in [3.63, 3.8) is 0 Å². The van der Waals surface area contributed by atoms with Crippen LogP contribution in [0.4, 0.5) is 0 Å². The molecule has 0 amide bonds. The number of hydrogen-bond acceptors (Lipinski definition) is 4. The van der Waals surface area contributed by atoms with Crippen LogP contribution in [-0.2, 0) is 10.0 Å². The molecule has 6 heteroatoms. The molecule has 92 valence electrons. The van der Waals surface area contributed by atoms with Crippen LogP contribution in [0.15, 0.2) is 0 Å². The van der Waals surface area contributed by atoms with Crippen molar-refractivity contribution in [2.45, 2.75) is 12.8 Å². The van der Waals surface area contributed by atoms with Gasteiger partial charge in [-0.25, -0.2) is 13.1 Å². The van der Waals surface area contributed by atoms with Crippen molar-refractivity contribution in [2.24, 2.45) is 0 Å². The zero-order valence-corrected chi connectivity index (χ0v) is 10.7. The number of hydrogen-bond donors (Lipinski definition) is 2. The number of unbranched alkanes of at least 4 members (excludes halogenated alkanes) is 1. The second-order valence-corrected chi connectivity index (χ2v) is 5.75. The van der Waals surface area contributed by atoms with Crippen molar-refractivity contribution in [1.29, 1.82) is 0 Å². The number of rotatable bonds is 9. The molecular weight excluding hydrogens is 214 g/mol. The van der Waals surface area contributed by atoms with Gasteiger partial charge < -0.3 is 10.2 Å². The van der Waals surface area contributed by atoms with E-state index in [1.165, 1.54) is 0 Å². The van der Waals surface area contributed by atoms with E-state index in [0.717, 1.165) is 19.4 Å². The molecule has 0 rings (SSSR count). The highest BCUT2D eigenvalue weighted by Crippen LogP contribution is 1.91. The van der Waals surface area contributed by atoms with Gasteiger partial charge >= 0.3 is 0 Å². The highest BCUT2D eigenvalue weighted by Gasteiger charge is 2.07. The summed E-state index contributed by atoms with van der Waals surface area (Å²) in [6.07, 6.45) is 1.90. The molecule has 0 radical (unpaired) electrons. The Labute approximate surface area is 93.3 Å². The second kappa shape index (κ2) is 8.04. The zero-order valence-electron chi connectivity index (χ0n) is 9.91. The number of nitrogens with zero attached hydrogens (tertiary/aromatic N) is 1. The van der Waals surface area contributed by atoms with E-state index in [1.54, 1.807) is 7.05 Å². The fourth-order valence-corrected chi connectivity index (χ4v) is 2.16. The topological polar surface area (TPSA) is 61.4 Å². The smallest absolute Gasteiger partial charge is 0.212 e. The third-order valence-corrected chi connectivity index (χ3v) is 3.36. The Bertz CT molecular complexity index is 240. The van der Waals surface area contributed by atoms with Gasteiger partial charge in [-0.2, -0.15) is 0 Å². The highest BCUT2D eigenvalue weighted by atomic mass is 32.2. The van der Waals surface area contributed by atoms with E-state index >= 15 is 0 Å². The SMILES string of the molecule is CNCCS(=O)(=O)NCCCCN(C)C. The Morgan fingerprint density at radius 2 is 1.80 bits per heavy atom. The molecule has 0 bridgehead atoms. The fourth-order valence-electron chi connectivity index (χ4n) is 1.09. The molecule has 0 aromatic heterocycles. The molecule has 0 saturated carbocycles. The van der Waals surface area contributed by atoms with E-state index < -0.39 is 10.0 Å². The molecule has 2 N–H and O–H groups in total. The van der Waals surface area contributed by atoms with E-state index in [2.05, 4.69) is 14.9 Å². The van der Waals surface area contributed by atoms with Crippen molar-refractivity contribution in [2.75, 3.05) is 46.5 Å². The van der Waals surface area contributed by atoms with Crippen LogP contribution in [0.3, 0.4) is 0 Å². The molecule has 0 aliphatic heterocycles. The molecule has 0 aromatic carbocycles. The van der Waals surface area contributed by atoms with Gasteiger partial charge in [-0.05, 0) is 40.5 Å². The molecule has 0 unspecified atom stereocenters. The van der Waals surface area contributed by atoms with Crippen LogP contribution in [-0.4, -0.2) is 59.8 Å². The van der Waals surface area contributed by atoms with Crippen molar-refractivity contribution < 1.29 is 8.42 Å². The second-order valence-electron chi connectivity index (χ2n) is 3.83. The summed E-state index contributed by atoms with van der Waals surface area (Å²) in [7, 11) is 2.69. The van der Waals surface area contributed by atoms with Crippen molar-refractivity contribution >= 4 is 10.0 Å². The normalized spacial score (nSPS) is 12.3. The molecule has 0 aliphatic carbocycles. The number of sulfonamides is 1. The van der Waals surface area contributed by atoms with E-state index in [4.69, 9.17) is 0 Å². The largest absolute Gasteiger partial charge is 0.319 e. The maximum absolute atomic E-state index is 11.3. The van der Waals surface area contributed by atoms with Crippen LogP contribution >= 0.6 is 0 Å². The summed E-state index contributed by atoms with van der Waals surface area (Å²) in [5, 5.41) is 2.81. The summed E-state index contributed by atoms with van der Waals surface area (Å²) in [4.78, 5) is 2.09. The standard InChI is InChI=1S/C9H23N3O2S/c1-10-7-9-15(13,14)11-6-4-5-8-12(2)3/h10-11H,4-9H2,1-3H3. The van der Waals surface area contributed by atoms with Crippen molar-refractivity contribution in [3.05, 3.63) is 0 Å². The molecule has 0 aromatic rings. The van der Waals surface area contributed by atoms with Gasteiger partial charge in [0.15, 0.2) is 0 Å². The average molecular weight is 237 g/mol. The van der Waals surface area contributed by atoms with Gasteiger partial charge in [0.25, 0.3) is 0 Å². The van der Waals surface area contributed by atoms with Gasteiger partial charge in [0.1, 0.15) is 0 Å². The molecule has 0 spiro atoms. The first-order valence-corrected chi connectivity index (χ1v) is 6.90. The monoisotopic (exact) mass is 237 g/mol. The Balaban J connectivity index is 3.49. The zero-order chi connectivity index (χ0) is 11.7. The Hall–Kier alpha value is -0.170. The fraction of sp³-hybridized carbons (Fsp3) is 1.00. The molecule has 0 atom stereocenters. The Morgan fingerprint density at radius 3 is 2.33 bits per heavy atom. The average Bonchev–Trinajstić information content (AvgIpc) is 2.14. The summed E-state index contributed by atoms with van der Waals surface area (Å²) in [6, 6.07) is 0. The maximum Gasteiger partial charge on any atom is 0.212 e. The van der Waals surface area contributed by atoms with Gasteiger partial charge in [0.2, 0.25) is 10.0 Å². The lowest BCUT2D eigenvalue weighted by Gasteiger charge is -2.09. The number of nitrogens with one attached hydrogen (secondary N) is 2. The lowest BCUT2D eigenvalue weighted by molar-refractivity contribution is 0.394. The summed E-state index contributed by atoms with van der Waals surface area (Å²) >= 11 is 0. The van der Waals surface area contributed by atoms with Crippen LogP contribution in [0.2, 0.25) is 0 Å². The minimum Gasteiger partial charge on any atom is -0.319 e. The summed E-state index contributed by atoms with van der Waals surface area (Å²) < 4.78 is 25.2. The van der Waals surface area contributed by atoms with Crippen LogP contribution in [0.25, 0.3) is 0 Å². The third kappa shape index (κ3) is 10.1. The summed E-state index contributed by atoms with van der Waals surface area (Å²) in [5.41, 5.74) is 0. The van der Waals surface area contributed by atoms with Gasteiger partial charge in [-0.15, -0.1) is 0 Å². The van der Waals surface area contributed by atoms with Crippen LogP contribution in [0.1, 0.15) is 12.8 Å². The molecule has 5 nitrogen and oxygen atoms in total. The first-order chi connectivity index (χ1) is 6.98. The van der Waals surface area contributed by atoms with Gasteiger partial charge in [-0.1, -0.05) is 0 Å². The summed E-state index contributed by atoms with van der Waals surface area (Å²) in [6.45, 7) is 2.03. The molecule has 0 saturated heterocycles. The maximum atomic E-state index is 11.3. The minimum absolute atomic E-state index is 0.150. The Morgan fingerprint density at radius 1 is 1.13 bits per heavy atom. The van der Waals surface area contributed by atoms with Gasteiger partial charge in [0.05, 0.1) is 5.75 Å². The van der Waals surface area contributed by atoms with Crippen LogP contribution in [0.5, 0.6) is 0 Å². The third-order valence-electron chi connectivity index (χ3n) is 1.97. The van der Waals surface area contributed by atoms with E-state index in [0.29, 0.717) is 13.1 Å². The van der Waals surface area contributed by atoms with Gasteiger partial charge in [0, 0.05) is 13.1 Å². The minimum atomic E-state index is -3.07. The first kappa shape index (κ1) is 14.8. The molecule has 0 aliphatic rings. The van der Waals surface area contributed by atoms with E-state index in [-0.39, 0.29) is 5.75 Å². The molecule has 0 heterocycles.